The van der Waals surface area contributed by atoms with E-state index in [2.05, 4.69) is 15.2 Å². The second-order valence-electron chi connectivity index (χ2n) is 25.0. The maximum absolute atomic E-state index is 15.8. The number of thiazole rings is 1. The number of ether oxygens (including phenoxy) is 8. The predicted molar refractivity (Wildman–Crippen MR) is 342 cm³/mol. The van der Waals surface area contributed by atoms with Crippen LogP contribution in [-0.4, -0.2) is 158 Å². The van der Waals surface area contributed by atoms with Gasteiger partial charge in [0.2, 0.25) is 11.5 Å². The molecule has 2 N–H and O–H groups in total. The van der Waals surface area contributed by atoms with Crippen LogP contribution in [0.5, 0.6) is 23.0 Å². The number of benzene rings is 3. The Bertz CT molecular complexity index is 3400. The fourth-order valence-corrected chi connectivity index (χ4v) is 12.4. The zero-order valence-corrected chi connectivity index (χ0v) is 56.7. The van der Waals surface area contributed by atoms with E-state index in [-0.39, 0.29) is 69.1 Å². The molecule has 3 atom stereocenters. The molecule has 0 saturated carbocycles. The maximum atomic E-state index is 15.8. The molecule has 2 aliphatic rings. The van der Waals surface area contributed by atoms with Crippen LogP contribution in [0.15, 0.2) is 76.3 Å². The number of hydrogen-bond acceptors (Lipinski definition) is 25. The van der Waals surface area contributed by atoms with Crippen molar-refractivity contribution in [1.29, 1.82) is 0 Å². The fraction of sp³-hybridized carbons (Fsp3) is 0.492. The molecule has 25 nitrogen and oxygen atoms in total. The quantitative estimate of drug-likeness (QED) is 0.0180. The number of β-lactam (4-membered cyclic amide) rings is 1. The number of rotatable bonds is 23. The second-order valence-corrected chi connectivity index (χ2v) is 29.4. The van der Waals surface area contributed by atoms with Crippen LogP contribution in [0.1, 0.15) is 126 Å². The minimum Gasteiger partial charge on any atom is -0.542 e. The molecule has 0 unspecified atom stereocenters. The number of amides is 5. The molecule has 2 aliphatic heterocycles. The number of fused-ring (bicyclic) bond motifs is 1. The number of hydrogen-bond donors (Lipinski definition) is 1. The summed E-state index contributed by atoms with van der Waals surface area (Å²) in [5, 5.41) is 8.94. The summed E-state index contributed by atoms with van der Waals surface area (Å²) in [5.41, 5.74) is -0.516. The Morgan fingerprint density at radius 1 is 0.747 bits per heavy atom. The minimum atomic E-state index is -1.75. The number of imide groups is 2. The number of oxime groups is 1. The lowest BCUT2D eigenvalue weighted by Crippen LogP contribution is -2.57. The highest BCUT2D eigenvalue weighted by Crippen LogP contribution is 2.56. The number of nitrogens with two attached hydrogens (primary N) is 1. The molecule has 1 aromatic heterocycles. The normalized spacial score (nSPS) is 16.9. The van der Waals surface area contributed by atoms with E-state index in [0.717, 1.165) is 34.9 Å². The van der Waals surface area contributed by atoms with Crippen LogP contribution in [0.25, 0.3) is 0 Å². The lowest BCUT2D eigenvalue weighted by molar-refractivity contribution is -0.179. The van der Waals surface area contributed by atoms with E-state index in [1.807, 2.05) is 0 Å². The third-order valence-corrected chi connectivity index (χ3v) is 16.8. The van der Waals surface area contributed by atoms with Gasteiger partial charge >= 0.3 is 38.3 Å². The Morgan fingerprint density at radius 3 is 1.77 bits per heavy atom. The van der Waals surface area contributed by atoms with Crippen molar-refractivity contribution >= 4 is 119 Å². The van der Waals surface area contributed by atoms with Crippen molar-refractivity contribution in [1.82, 2.24) is 19.8 Å². The molecule has 3 aromatic carbocycles. The van der Waals surface area contributed by atoms with E-state index in [0.29, 0.717) is 27.5 Å². The molecule has 490 valence electrons. The molecule has 2 saturated heterocycles. The van der Waals surface area contributed by atoms with E-state index in [1.165, 1.54) is 92.0 Å². The fourth-order valence-electron chi connectivity index (χ4n) is 8.26. The molecule has 0 aliphatic carbocycles. The van der Waals surface area contributed by atoms with Crippen LogP contribution in [-0.2, 0) is 65.6 Å². The van der Waals surface area contributed by atoms with E-state index >= 15 is 4.79 Å². The summed E-state index contributed by atoms with van der Waals surface area (Å²) in [6.07, 6.45) is -4.53. The highest BCUT2D eigenvalue weighted by atomic mass is 35.5. The number of carbonyl (C=O) groups is 8. The summed E-state index contributed by atoms with van der Waals surface area (Å²) in [6.45, 7) is 20.5. The summed E-state index contributed by atoms with van der Waals surface area (Å²) < 4.78 is 49.0. The number of halogens is 1. The molecule has 2 fully saturated rings. The van der Waals surface area contributed by atoms with Gasteiger partial charge in [-0.05, 0) is 144 Å². The van der Waals surface area contributed by atoms with Crippen molar-refractivity contribution in [2.45, 2.75) is 154 Å². The van der Waals surface area contributed by atoms with Gasteiger partial charge in [-0.2, -0.15) is 5.10 Å². The van der Waals surface area contributed by atoms with Crippen LogP contribution in [0.2, 0.25) is 5.02 Å². The smallest absolute Gasteiger partial charge is 0.441 e. The topological polar surface area (TPSA) is 302 Å². The number of hydrazone groups is 1. The van der Waals surface area contributed by atoms with Crippen LogP contribution in [0, 0.1) is 5.92 Å². The Hall–Kier alpha value is -7.76. The van der Waals surface area contributed by atoms with Gasteiger partial charge < -0.3 is 58.0 Å². The highest BCUT2D eigenvalue weighted by Gasteiger charge is 2.62. The maximum Gasteiger partial charge on any atom is 0.441 e. The zero-order valence-electron chi connectivity index (χ0n) is 53.5. The molecule has 30 heteroatoms. The third-order valence-electron chi connectivity index (χ3n) is 12.5. The lowest BCUT2D eigenvalue weighted by atomic mass is 9.90. The van der Waals surface area contributed by atoms with Gasteiger partial charge in [-0.3, -0.25) is 19.2 Å². The number of carbonyl (C=O) groups excluding carboxylic acids is 8. The number of Topliss-reactive ketones (excluding diaryl/α,β-unsaturated/α-hetero) is 1. The van der Waals surface area contributed by atoms with Gasteiger partial charge in [0.15, 0.2) is 37.9 Å². The van der Waals surface area contributed by atoms with Crippen molar-refractivity contribution in [3.63, 3.8) is 0 Å². The molecule has 0 bridgehead atoms. The summed E-state index contributed by atoms with van der Waals surface area (Å²) >= 11 is 10.2. The first kappa shape index (κ1) is 72.3. The molecule has 3 heterocycles. The first-order valence-corrected chi connectivity index (χ1v) is 31.4. The Balaban J connectivity index is 1.40. The van der Waals surface area contributed by atoms with Gasteiger partial charge in [-0.1, -0.05) is 46.0 Å². The first-order chi connectivity index (χ1) is 42.3. The lowest BCUT2D eigenvalue weighted by Gasteiger charge is -2.41. The van der Waals surface area contributed by atoms with Gasteiger partial charge in [0.1, 0.15) is 52.8 Å². The van der Waals surface area contributed by atoms with Gasteiger partial charge in [0.05, 0.1) is 37.1 Å². The van der Waals surface area contributed by atoms with Crippen LogP contribution in [0.3, 0.4) is 0 Å². The second kappa shape index (κ2) is 29.2. The number of thioether (sulfide) groups is 2. The molecule has 6 rings (SSSR count). The largest absolute Gasteiger partial charge is 0.542 e. The Labute approximate surface area is 547 Å². The average molecular weight is 1340 g/mol. The van der Waals surface area contributed by atoms with Crippen molar-refractivity contribution in [3.8, 4) is 23.0 Å². The Morgan fingerprint density at radius 2 is 1.27 bits per heavy atom. The predicted octanol–water partition coefficient (Wildman–Crippen LogP) is 10.3. The number of aromatic nitrogens is 1. The SMILES string of the molecule is [B]OC(=O)[C@@]1(SCCN(C(=O)OC(C)(C)C)C(=O)/C(=N\N(C(=O)OC(C)(C)C)C(=O)OC(C)(C)C)c2ccc(OCc3ccc(OC)cc3)c(OCc3ccc(OC)cc3)c2Cl)CN2C(=O)[C@@H](CC(=O)/C(=N\OC(C)(C)C(=O)OC(C)(C)C)c3csc(N)n3)[C@H]2S1. The first-order valence-electron chi connectivity index (χ1n) is 28.3. The van der Waals surface area contributed by atoms with Crippen molar-refractivity contribution < 1.29 is 85.7 Å². The van der Waals surface area contributed by atoms with Crippen molar-refractivity contribution in [2.75, 3.05) is 38.8 Å². The standard InChI is InChI=1S/C61H75BClN7O18S3/c1-56(2,3)83-50(74)60(13,14)88-67-45(40-32-89-52(64)65-40)41(71)29-39-47(72)69-33-61(51(75)87-62,91-49(39)69)90-28-27-68(53(76)84-57(4,5)6)48(73)44(66-70(54(77)85-58(7,8)9)55(78)86-59(10,11)12)38-25-26-42(81-30-34-17-21-36(79-15)22-18-34)46(43(38)63)82-31-35-19-23-37(80-16)24-20-35/h17-26,32,39,49H,27-31,33H2,1-16H3,(H2,64,65)/b66-44-,67-45-/t39-,49-,61-/m1/s1. The molecule has 91 heavy (non-hydrogen) atoms. The van der Waals surface area contributed by atoms with E-state index < -0.39 is 110 Å². The summed E-state index contributed by atoms with van der Waals surface area (Å²) in [6, 6.07) is 16.7. The van der Waals surface area contributed by atoms with Gasteiger partial charge in [-0.25, -0.2) is 29.1 Å². The van der Waals surface area contributed by atoms with Crippen LogP contribution >= 0.6 is 46.5 Å². The summed E-state index contributed by atoms with van der Waals surface area (Å²) in [7, 11) is 8.62. The monoisotopic (exact) mass is 1340 g/mol. The summed E-state index contributed by atoms with van der Waals surface area (Å²) in [4.78, 5) is 126. The van der Waals surface area contributed by atoms with Crippen molar-refractivity contribution in [2.24, 2.45) is 16.2 Å². The van der Waals surface area contributed by atoms with Crippen LogP contribution < -0.4 is 24.7 Å². The number of esters is 1. The zero-order chi connectivity index (χ0) is 67.8. The van der Waals surface area contributed by atoms with E-state index in [4.69, 9.17) is 72.8 Å². The number of methoxy groups -OCH3 is 2. The molecule has 4 aromatic rings. The van der Waals surface area contributed by atoms with E-state index in [1.54, 1.807) is 90.1 Å². The Kier molecular flexibility index (Phi) is 23.2. The molecule has 0 spiro atoms. The number of nitrogens with zero attached hydrogens (tertiary/aromatic N) is 6. The number of anilines is 1. The average Bonchev–Trinajstić information content (AvgIpc) is 1.59. The molecule has 2 radical (unpaired) electrons. The number of ketones is 1. The molecular formula is C61H75BClN7O18S3. The minimum absolute atomic E-state index is 0.0130. The van der Waals surface area contributed by atoms with Crippen LogP contribution in [0.4, 0.5) is 19.5 Å². The number of nitrogen functional groups attached to an aromatic ring is 1. The summed E-state index contributed by atoms with van der Waals surface area (Å²) in [5.74, 6) is -4.65. The van der Waals surface area contributed by atoms with Crippen molar-refractivity contribution in [3.05, 3.63) is 93.5 Å². The van der Waals surface area contributed by atoms with Gasteiger partial charge in [0, 0.05) is 29.7 Å². The van der Waals surface area contributed by atoms with Gasteiger partial charge in [-0.15, -0.1) is 34.9 Å². The molecule has 5 amide bonds. The highest BCUT2D eigenvalue weighted by molar-refractivity contribution is 8.20. The third kappa shape index (κ3) is 19.4. The van der Waals surface area contributed by atoms with E-state index in [9.17, 15) is 33.6 Å². The molecular weight excluding hydrogens is 1260 g/mol. The van der Waals surface area contributed by atoms with Gasteiger partial charge in [0.25, 0.3) is 5.91 Å².